The van der Waals surface area contributed by atoms with Gasteiger partial charge in [-0.3, -0.25) is 0 Å². The van der Waals surface area contributed by atoms with Crippen LogP contribution in [0.15, 0.2) is 59.5 Å². The van der Waals surface area contributed by atoms with Gasteiger partial charge in [0.1, 0.15) is 5.75 Å². The fourth-order valence-corrected chi connectivity index (χ4v) is 4.42. The van der Waals surface area contributed by atoms with Gasteiger partial charge in [-0.15, -0.1) is 0 Å². The molecule has 2 aromatic rings. The van der Waals surface area contributed by atoms with E-state index in [0.717, 1.165) is 5.56 Å². The predicted octanol–water partition coefficient (Wildman–Crippen LogP) is 3.03. The molecule has 0 N–H and O–H groups in total. The van der Waals surface area contributed by atoms with Crippen LogP contribution in [0.4, 0.5) is 0 Å². The van der Waals surface area contributed by atoms with Crippen molar-refractivity contribution in [1.82, 2.24) is 0 Å². The minimum Gasteiger partial charge on any atom is -0.497 e. The van der Waals surface area contributed by atoms with Gasteiger partial charge in [-0.2, -0.15) is 0 Å². The molecular weight excluding hydrogens is 272 g/mol. The van der Waals surface area contributed by atoms with Crippen LogP contribution in [0, 0.1) is 0 Å². The Bertz CT molecular complexity index is 690. The van der Waals surface area contributed by atoms with Crippen molar-refractivity contribution in [3.63, 3.8) is 0 Å². The van der Waals surface area contributed by atoms with Gasteiger partial charge in [0.25, 0.3) is 0 Å². The Hall–Kier alpha value is -1.81. The molecule has 3 rings (SSSR count). The van der Waals surface area contributed by atoms with Crippen LogP contribution in [-0.4, -0.2) is 20.8 Å². The highest BCUT2D eigenvalue weighted by Gasteiger charge is 2.48. The molecule has 1 aliphatic rings. The first-order chi connectivity index (χ1) is 9.63. The van der Waals surface area contributed by atoms with Crippen molar-refractivity contribution in [3.05, 3.63) is 60.2 Å². The number of sulfone groups is 1. The lowest BCUT2D eigenvalue weighted by Gasteiger charge is -2.05. The van der Waals surface area contributed by atoms with Crippen LogP contribution in [0.5, 0.6) is 5.75 Å². The Morgan fingerprint density at radius 1 is 1.00 bits per heavy atom. The maximum atomic E-state index is 12.5. The summed E-state index contributed by atoms with van der Waals surface area (Å²) in [6, 6.07) is 16.4. The van der Waals surface area contributed by atoms with E-state index in [1.165, 1.54) is 0 Å². The summed E-state index contributed by atoms with van der Waals surface area (Å²) < 4.78 is 30.1. The van der Waals surface area contributed by atoms with E-state index in [1.54, 1.807) is 31.4 Å². The van der Waals surface area contributed by atoms with Crippen LogP contribution in [-0.2, 0) is 9.84 Å². The smallest absolute Gasteiger partial charge is 0.181 e. The molecule has 0 aliphatic heterocycles. The maximum absolute atomic E-state index is 12.5. The molecule has 2 atom stereocenters. The van der Waals surface area contributed by atoms with E-state index in [-0.39, 0.29) is 11.2 Å². The monoisotopic (exact) mass is 288 g/mol. The lowest BCUT2D eigenvalue weighted by molar-refractivity contribution is 0.414. The number of hydrogen-bond acceptors (Lipinski definition) is 3. The Morgan fingerprint density at radius 2 is 1.65 bits per heavy atom. The van der Waals surface area contributed by atoms with Crippen molar-refractivity contribution in [3.8, 4) is 5.75 Å². The highest BCUT2D eigenvalue weighted by Crippen LogP contribution is 2.48. The molecule has 1 saturated carbocycles. The topological polar surface area (TPSA) is 43.4 Å². The summed E-state index contributed by atoms with van der Waals surface area (Å²) >= 11 is 0. The lowest BCUT2D eigenvalue weighted by atomic mass is 10.1. The predicted molar refractivity (Wildman–Crippen MR) is 77.8 cm³/mol. The first-order valence-corrected chi connectivity index (χ1v) is 8.10. The van der Waals surface area contributed by atoms with Crippen molar-refractivity contribution in [2.45, 2.75) is 22.5 Å². The van der Waals surface area contributed by atoms with Crippen molar-refractivity contribution < 1.29 is 13.2 Å². The SMILES string of the molecule is COc1ccc(S(=O)(=O)[C@H]2C[C@H]2c2ccccc2)cc1. The summed E-state index contributed by atoms with van der Waals surface area (Å²) in [4.78, 5) is 0.377. The summed E-state index contributed by atoms with van der Waals surface area (Å²) in [5, 5.41) is -0.293. The third kappa shape index (κ3) is 2.31. The van der Waals surface area contributed by atoms with Crippen LogP contribution < -0.4 is 4.74 Å². The molecule has 4 heteroatoms. The second kappa shape index (κ2) is 4.94. The first-order valence-electron chi connectivity index (χ1n) is 6.56. The zero-order chi connectivity index (χ0) is 14.2. The van der Waals surface area contributed by atoms with Crippen LogP contribution in [0.2, 0.25) is 0 Å². The summed E-state index contributed by atoms with van der Waals surface area (Å²) in [6.45, 7) is 0. The fraction of sp³-hybridized carbons (Fsp3) is 0.250. The van der Waals surface area contributed by atoms with Crippen molar-refractivity contribution >= 4 is 9.84 Å². The van der Waals surface area contributed by atoms with Crippen LogP contribution in [0.1, 0.15) is 17.9 Å². The molecule has 104 valence electrons. The first kappa shape index (κ1) is 13.2. The number of rotatable bonds is 4. The molecule has 3 nitrogen and oxygen atoms in total. The molecule has 0 radical (unpaired) electrons. The standard InChI is InChI=1S/C16H16O3S/c1-19-13-7-9-14(10-8-13)20(17,18)16-11-15(16)12-5-3-2-4-6-12/h2-10,15-16H,11H2,1H3/t15-,16-/m0/s1. The van der Waals surface area contributed by atoms with Crippen LogP contribution in [0.25, 0.3) is 0 Å². The average Bonchev–Trinajstić information content (AvgIpc) is 3.29. The summed E-state index contributed by atoms with van der Waals surface area (Å²) in [7, 11) is -1.68. The van der Waals surface area contributed by atoms with E-state index in [2.05, 4.69) is 0 Å². The third-order valence-corrected chi connectivity index (χ3v) is 5.99. The second-order valence-electron chi connectivity index (χ2n) is 5.01. The van der Waals surface area contributed by atoms with E-state index >= 15 is 0 Å². The fourth-order valence-electron chi connectivity index (χ4n) is 2.51. The molecule has 1 fully saturated rings. The zero-order valence-electron chi connectivity index (χ0n) is 11.2. The van der Waals surface area contributed by atoms with Crippen molar-refractivity contribution in [2.75, 3.05) is 7.11 Å². The van der Waals surface area contributed by atoms with E-state index in [9.17, 15) is 8.42 Å². The summed E-state index contributed by atoms with van der Waals surface area (Å²) in [6.07, 6.45) is 0.707. The summed E-state index contributed by atoms with van der Waals surface area (Å²) in [5.41, 5.74) is 1.11. The normalized spacial score (nSPS) is 21.4. The van der Waals surface area contributed by atoms with Gasteiger partial charge in [-0.1, -0.05) is 30.3 Å². The van der Waals surface area contributed by atoms with E-state index in [1.807, 2.05) is 30.3 Å². The van der Waals surface area contributed by atoms with Crippen LogP contribution in [0.3, 0.4) is 0 Å². The molecule has 0 aromatic heterocycles. The van der Waals surface area contributed by atoms with E-state index < -0.39 is 9.84 Å². The van der Waals surface area contributed by atoms with Gasteiger partial charge in [-0.05, 0) is 36.2 Å². The van der Waals surface area contributed by atoms with Gasteiger partial charge in [0.15, 0.2) is 9.84 Å². The Kier molecular flexibility index (Phi) is 3.26. The molecule has 0 unspecified atom stereocenters. The lowest BCUT2D eigenvalue weighted by Crippen LogP contribution is -2.09. The van der Waals surface area contributed by atoms with Crippen molar-refractivity contribution in [2.24, 2.45) is 0 Å². The zero-order valence-corrected chi connectivity index (χ0v) is 12.0. The largest absolute Gasteiger partial charge is 0.497 e. The second-order valence-corrected chi connectivity index (χ2v) is 7.18. The number of benzene rings is 2. The van der Waals surface area contributed by atoms with Gasteiger partial charge in [0.05, 0.1) is 17.3 Å². The highest BCUT2D eigenvalue weighted by molar-refractivity contribution is 7.92. The maximum Gasteiger partial charge on any atom is 0.181 e. The van der Waals surface area contributed by atoms with Crippen molar-refractivity contribution in [1.29, 1.82) is 0 Å². The third-order valence-electron chi connectivity index (χ3n) is 3.75. The van der Waals surface area contributed by atoms with Gasteiger partial charge in [0.2, 0.25) is 0 Å². The molecule has 0 spiro atoms. The Morgan fingerprint density at radius 3 is 2.25 bits per heavy atom. The molecule has 0 amide bonds. The minimum absolute atomic E-state index is 0.128. The van der Waals surface area contributed by atoms with Gasteiger partial charge >= 0.3 is 0 Å². The van der Waals surface area contributed by atoms with Gasteiger partial charge in [-0.25, -0.2) is 8.42 Å². The molecule has 20 heavy (non-hydrogen) atoms. The molecule has 0 bridgehead atoms. The number of hydrogen-bond donors (Lipinski definition) is 0. The molecule has 0 saturated heterocycles. The molecule has 2 aromatic carbocycles. The molecular formula is C16H16O3S. The van der Waals surface area contributed by atoms with Gasteiger partial charge < -0.3 is 4.74 Å². The Labute approximate surface area is 119 Å². The number of methoxy groups -OCH3 is 1. The van der Waals surface area contributed by atoms with Gasteiger partial charge in [0, 0.05) is 5.92 Å². The van der Waals surface area contributed by atoms with Crippen LogP contribution >= 0.6 is 0 Å². The Balaban J connectivity index is 1.83. The van der Waals surface area contributed by atoms with E-state index in [0.29, 0.717) is 17.1 Å². The average molecular weight is 288 g/mol. The molecule has 0 heterocycles. The van der Waals surface area contributed by atoms with E-state index in [4.69, 9.17) is 4.74 Å². The summed E-state index contributed by atoms with van der Waals surface area (Å²) in [5.74, 6) is 0.794. The number of ether oxygens (including phenoxy) is 1. The highest BCUT2D eigenvalue weighted by atomic mass is 32.2. The quantitative estimate of drug-likeness (QED) is 0.868. The molecule has 1 aliphatic carbocycles. The minimum atomic E-state index is -3.24.